The predicted molar refractivity (Wildman–Crippen MR) is 73.3 cm³/mol. The number of hydrogen-bond acceptors (Lipinski definition) is 3. The molecule has 2 rings (SSSR count). The van der Waals surface area contributed by atoms with Gasteiger partial charge in [-0.2, -0.15) is 0 Å². The second-order valence-electron chi connectivity index (χ2n) is 4.86. The first-order valence-electron chi connectivity index (χ1n) is 7.24. The lowest BCUT2D eigenvalue weighted by atomic mass is 10.2. The number of halogens is 1. The molecule has 1 aliphatic rings. The number of ether oxygens (including phenoxy) is 3. The zero-order valence-electron chi connectivity index (χ0n) is 11.7. The van der Waals surface area contributed by atoms with Crippen molar-refractivity contribution in [1.29, 1.82) is 0 Å². The van der Waals surface area contributed by atoms with Crippen LogP contribution in [0.5, 0.6) is 5.75 Å². The lowest BCUT2D eigenvalue weighted by molar-refractivity contribution is -0.662. The molecule has 0 unspecified atom stereocenters. The monoisotopic (exact) mass is 284 g/mol. The number of benzene rings is 1. The van der Waals surface area contributed by atoms with Crippen LogP contribution in [-0.2, 0) is 9.47 Å². The Bertz CT molecular complexity index is 366. The molecule has 0 spiro atoms. The zero-order chi connectivity index (χ0) is 14.0. The van der Waals surface area contributed by atoms with Gasteiger partial charge in [-0.05, 0) is 37.1 Å². The molecule has 0 aromatic heterocycles. The van der Waals surface area contributed by atoms with Crippen molar-refractivity contribution in [1.82, 2.24) is 0 Å². The van der Waals surface area contributed by atoms with Crippen LogP contribution in [0.2, 0.25) is 0 Å². The van der Waals surface area contributed by atoms with Gasteiger partial charge >= 0.3 is 0 Å². The molecule has 1 atom stereocenters. The number of rotatable bonds is 9. The molecule has 1 aromatic carbocycles. The van der Waals surface area contributed by atoms with E-state index in [0.717, 1.165) is 19.7 Å². The van der Waals surface area contributed by atoms with Crippen LogP contribution in [-0.4, -0.2) is 45.6 Å². The fourth-order valence-corrected chi connectivity index (χ4v) is 2.15. The van der Waals surface area contributed by atoms with Gasteiger partial charge in [0.1, 0.15) is 30.8 Å². The number of quaternary nitrogens is 1. The highest BCUT2D eigenvalue weighted by molar-refractivity contribution is 5.21. The largest absolute Gasteiger partial charge is 0.491 e. The summed E-state index contributed by atoms with van der Waals surface area (Å²) in [4.78, 5) is 0. The summed E-state index contributed by atoms with van der Waals surface area (Å²) in [6, 6.07) is 6.00. The fraction of sp³-hybridized carbons (Fsp3) is 0.600. The molecule has 4 nitrogen and oxygen atoms in total. The molecular weight excluding hydrogens is 261 g/mol. The summed E-state index contributed by atoms with van der Waals surface area (Å²) >= 11 is 0. The van der Waals surface area contributed by atoms with Gasteiger partial charge in [-0.15, -0.1) is 0 Å². The van der Waals surface area contributed by atoms with E-state index < -0.39 is 0 Å². The third-order valence-electron chi connectivity index (χ3n) is 3.23. The molecule has 1 aromatic rings. The van der Waals surface area contributed by atoms with Crippen LogP contribution in [0.4, 0.5) is 4.39 Å². The van der Waals surface area contributed by atoms with Crippen molar-refractivity contribution in [2.45, 2.75) is 18.9 Å². The van der Waals surface area contributed by atoms with E-state index in [2.05, 4.69) is 5.32 Å². The summed E-state index contributed by atoms with van der Waals surface area (Å²) in [6.45, 7) is 4.61. The van der Waals surface area contributed by atoms with Gasteiger partial charge < -0.3 is 19.5 Å². The van der Waals surface area contributed by atoms with Crippen LogP contribution >= 0.6 is 0 Å². The third kappa shape index (κ3) is 5.86. The first-order valence-corrected chi connectivity index (χ1v) is 7.24. The average Bonchev–Trinajstić information content (AvgIpc) is 2.97. The molecule has 0 aliphatic carbocycles. The van der Waals surface area contributed by atoms with Gasteiger partial charge in [0.15, 0.2) is 0 Å². The van der Waals surface area contributed by atoms with Gasteiger partial charge in [0.25, 0.3) is 0 Å². The van der Waals surface area contributed by atoms with E-state index in [9.17, 15) is 4.39 Å². The minimum Gasteiger partial charge on any atom is -0.491 e. The van der Waals surface area contributed by atoms with Gasteiger partial charge in [-0.25, -0.2) is 4.39 Å². The van der Waals surface area contributed by atoms with Gasteiger partial charge in [-0.3, -0.25) is 0 Å². The standard InChI is InChI=1S/C15H22FNO3/c16-13-3-5-14(6-4-13)20-11-10-18-9-7-17-12-15-2-1-8-19-15/h3-6,15,17H,1-2,7-12H2/p+1/t15-/m0/s1. The Kier molecular flexibility index (Phi) is 6.77. The van der Waals surface area contributed by atoms with Crippen molar-refractivity contribution in [3.8, 4) is 5.75 Å². The van der Waals surface area contributed by atoms with E-state index in [0.29, 0.717) is 31.7 Å². The van der Waals surface area contributed by atoms with Crippen molar-refractivity contribution >= 4 is 0 Å². The topological polar surface area (TPSA) is 44.3 Å². The molecule has 0 bridgehead atoms. The first-order chi connectivity index (χ1) is 9.84. The summed E-state index contributed by atoms with van der Waals surface area (Å²) in [7, 11) is 0. The van der Waals surface area contributed by atoms with Gasteiger partial charge in [0, 0.05) is 6.61 Å². The maximum Gasteiger partial charge on any atom is 0.123 e. The van der Waals surface area contributed by atoms with E-state index >= 15 is 0 Å². The molecule has 2 N–H and O–H groups in total. The predicted octanol–water partition coefficient (Wildman–Crippen LogP) is 0.964. The zero-order valence-corrected chi connectivity index (χ0v) is 11.7. The highest BCUT2D eigenvalue weighted by Gasteiger charge is 2.16. The van der Waals surface area contributed by atoms with Crippen LogP contribution in [0.25, 0.3) is 0 Å². The SMILES string of the molecule is Fc1ccc(OCCOCC[NH2+]C[C@@H]2CCCO2)cc1. The summed E-state index contributed by atoms with van der Waals surface area (Å²) in [5.74, 6) is 0.412. The molecule has 1 aliphatic heterocycles. The van der Waals surface area contributed by atoms with Gasteiger partial charge in [-0.1, -0.05) is 0 Å². The Labute approximate surface area is 119 Å². The molecule has 0 saturated carbocycles. The average molecular weight is 284 g/mol. The Morgan fingerprint density at radius 1 is 1.20 bits per heavy atom. The van der Waals surface area contributed by atoms with Crippen molar-refractivity contribution in [3.05, 3.63) is 30.1 Å². The highest BCUT2D eigenvalue weighted by atomic mass is 19.1. The van der Waals surface area contributed by atoms with Gasteiger partial charge in [0.05, 0.1) is 19.8 Å². The summed E-state index contributed by atoms with van der Waals surface area (Å²) in [5.41, 5.74) is 0. The van der Waals surface area contributed by atoms with E-state index in [4.69, 9.17) is 14.2 Å². The molecule has 112 valence electrons. The lowest BCUT2D eigenvalue weighted by Crippen LogP contribution is -2.87. The lowest BCUT2D eigenvalue weighted by Gasteiger charge is -2.09. The quantitative estimate of drug-likeness (QED) is 0.687. The van der Waals surface area contributed by atoms with Crippen LogP contribution in [0.3, 0.4) is 0 Å². The molecule has 0 radical (unpaired) electrons. The molecule has 20 heavy (non-hydrogen) atoms. The second-order valence-corrected chi connectivity index (χ2v) is 4.86. The molecule has 1 heterocycles. The van der Waals surface area contributed by atoms with E-state index in [1.807, 2.05) is 0 Å². The van der Waals surface area contributed by atoms with Crippen LogP contribution in [0.15, 0.2) is 24.3 Å². The molecule has 1 fully saturated rings. The van der Waals surface area contributed by atoms with Crippen LogP contribution in [0, 0.1) is 5.82 Å². The first kappa shape index (κ1) is 15.2. The fourth-order valence-electron chi connectivity index (χ4n) is 2.15. The summed E-state index contributed by atoms with van der Waals surface area (Å²) in [5, 5.41) is 2.23. The maximum atomic E-state index is 12.7. The van der Waals surface area contributed by atoms with Crippen LogP contribution < -0.4 is 10.1 Å². The van der Waals surface area contributed by atoms with Crippen molar-refractivity contribution in [3.63, 3.8) is 0 Å². The second kappa shape index (κ2) is 8.89. The van der Waals surface area contributed by atoms with E-state index in [1.165, 1.54) is 25.0 Å². The minimum absolute atomic E-state index is 0.254. The summed E-state index contributed by atoms with van der Waals surface area (Å²) in [6.07, 6.45) is 2.80. The number of hydrogen-bond donors (Lipinski definition) is 1. The Morgan fingerprint density at radius 2 is 2.05 bits per heavy atom. The maximum absolute atomic E-state index is 12.7. The van der Waals surface area contributed by atoms with Crippen molar-refractivity contribution < 1.29 is 23.9 Å². The van der Waals surface area contributed by atoms with Crippen molar-refractivity contribution in [2.24, 2.45) is 0 Å². The molecular formula is C15H23FNO3+. The van der Waals surface area contributed by atoms with Gasteiger partial charge in [0.2, 0.25) is 0 Å². The molecule has 0 amide bonds. The smallest absolute Gasteiger partial charge is 0.123 e. The highest BCUT2D eigenvalue weighted by Crippen LogP contribution is 2.10. The van der Waals surface area contributed by atoms with Crippen LogP contribution in [0.1, 0.15) is 12.8 Å². The Morgan fingerprint density at radius 3 is 2.80 bits per heavy atom. The Hall–Kier alpha value is -1.17. The molecule has 5 heteroatoms. The van der Waals surface area contributed by atoms with Crippen molar-refractivity contribution in [2.75, 3.05) is 39.5 Å². The minimum atomic E-state index is -0.254. The molecule has 1 saturated heterocycles. The summed E-state index contributed by atoms with van der Waals surface area (Å²) < 4.78 is 29.1. The third-order valence-corrected chi connectivity index (χ3v) is 3.23. The van der Waals surface area contributed by atoms with E-state index in [1.54, 1.807) is 12.1 Å². The van der Waals surface area contributed by atoms with E-state index in [-0.39, 0.29) is 5.82 Å². The number of nitrogens with two attached hydrogens (primary N) is 1. The Balaban J connectivity index is 1.40. The normalized spacial score (nSPS) is 18.4.